The van der Waals surface area contributed by atoms with E-state index in [9.17, 15) is 19.6 Å². The fourth-order valence-corrected chi connectivity index (χ4v) is 3.17. The number of terminal acetylenes is 1. The molecule has 0 radical (unpaired) electrons. The Morgan fingerprint density at radius 2 is 1.77 bits per heavy atom. The molecule has 0 saturated carbocycles. The molecule has 35 heavy (non-hydrogen) atoms. The summed E-state index contributed by atoms with van der Waals surface area (Å²) in [5.41, 5.74) is 0.446. The number of alkyl carbamates (subject to hydrolysis) is 1. The van der Waals surface area contributed by atoms with Gasteiger partial charge < -0.3 is 25.0 Å². The summed E-state index contributed by atoms with van der Waals surface area (Å²) in [6.45, 7) is 4.15. The van der Waals surface area contributed by atoms with Crippen molar-refractivity contribution in [3.8, 4) is 24.2 Å². The second-order valence-corrected chi connectivity index (χ2v) is 8.39. The summed E-state index contributed by atoms with van der Waals surface area (Å²) >= 11 is 0. The quantitative estimate of drug-likeness (QED) is 0.446. The highest BCUT2D eigenvalue weighted by Crippen LogP contribution is 2.26. The van der Waals surface area contributed by atoms with Crippen molar-refractivity contribution in [2.45, 2.75) is 32.4 Å². The van der Waals surface area contributed by atoms with Gasteiger partial charge in [0.1, 0.15) is 30.5 Å². The molecule has 0 saturated heterocycles. The summed E-state index contributed by atoms with van der Waals surface area (Å²) < 4.78 is 10.3. The maximum absolute atomic E-state index is 13.5. The van der Waals surface area contributed by atoms with Crippen LogP contribution in [0.5, 0.6) is 5.75 Å². The smallest absolute Gasteiger partial charge is 0.408 e. The van der Waals surface area contributed by atoms with Crippen LogP contribution in [0.3, 0.4) is 0 Å². The third kappa shape index (κ3) is 7.79. The van der Waals surface area contributed by atoms with Crippen LogP contribution in [-0.2, 0) is 14.3 Å². The number of benzene rings is 2. The lowest BCUT2D eigenvalue weighted by Gasteiger charge is -2.30. The van der Waals surface area contributed by atoms with Crippen molar-refractivity contribution in [1.29, 1.82) is 5.26 Å². The Labute approximate surface area is 205 Å². The van der Waals surface area contributed by atoms with Crippen molar-refractivity contribution in [3.63, 3.8) is 0 Å². The maximum atomic E-state index is 13.5. The molecule has 0 bridgehead atoms. The molecule has 2 N–H and O–H groups in total. The van der Waals surface area contributed by atoms with Crippen molar-refractivity contribution < 1.29 is 23.9 Å². The minimum absolute atomic E-state index is 0.363. The molecule has 1 unspecified atom stereocenters. The molecule has 0 fully saturated rings. The van der Waals surface area contributed by atoms with Crippen LogP contribution in [0.25, 0.3) is 0 Å². The lowest BCUT2D eigenvalue weighted by atomic mass is 9.98. The van der Waals surface area contributed by atoms with E-state index in [2.05, 4.69) is 16.6 Å². The van der Waals surface area contributed by atoms with Crippen LogP contribution in [0.1, 0.15) is 37.9 Å². The van der Waals surface area contributed by atoms with Crippen LogP contribution < -0.4 is 15.4 Å². The average Bonchev–Trinajstić information content (AvgIpc) is 2.82. The van der Waals surface area contributed by atoms with Gasteiger partial charge in [-0.1, -0.05) is 24.1 Å². The van der Waals surface area contributed by atoms with Gasteiger partial charge in [-0.15, -0.1) is 6.42 Å². The first-order valence-electron chi connectivity index (χ1n) is 10.7. The molecule has 2 aromatic rings. The molecule has 0 spiro atoms. The maximum Gasteiger partial charge on any atom is 0.408 e. The Morgan fingerprint density at radius 1 is 1.11 bits per heavy atom. The molecule has 2 aromatic carbocycles. The van der Waals surface area contributed by atoms with Crippen LogP contribution >= 0.6 is 0 Å². The van der Waals surface area contributed by atoms with Crippen molar-refractivity contribution in [1.82, 2.24) is 10.2 Å². The Bertz CT molecular complexity index is 1140. The number of carbonyl (C=O) groups is 3. The number of amides is 3. The number of hydrogen-bond donors (Lipinski definition) is 2. The molecular weight excluding hydrogens is 448 g/mol. The zero-order valence-corrected chi connectivity index (χ0v) is 20.1. The van der Waals surface area contributed by atoms with Gasteiger partial charge in [0.25, 0.3) is 5.91 Å². The predicted molar refractivity (Wildman–Crippen MR) is 130 cm³/mol. The molecule has 0 aliphatic carbocycles. The molecule has 0 aromatic heterocycles. The molecule has 0 aliphatic heterocycles. The van der Waals surface area contributed by atoms with Gasteiger partial charge in [0.05, 0.1) is 13.2 Å². The Kier molecular flexibility index (Phi) is 9.25. The summed E-state index contributed by atoms with van der Waals surface area (Å²) in [4.78, 5) is 39.7. The van der Waals surface area contributed by atoms with Crippen LogP contribution in [0.2, 0.25) is 0 Å². The predicted octanol–water partition coefficient (Wildman–Crippen LogP) is 3.23. The summed E-state index contributed by atoms with van der Waals surface area (Å²) in [5, 5.41) is 14.5. The van der Waals surface area contributed by atoms with Gasteiger partial charge in [0.2, 0.25) is 5.91 Å². The lowest BCUT2D eigenvalue weighted by molar-refractivity contribution is -0.137. The first-order chi connectivity index (χ1) is 16.6. The third-order valence-electron chi connectivity index (χ3n) is 4.67. The van der Waals surface area contributed by atoms with Crippen LogP contribution in [0.15, 0.2) is 48.5 Å². The summed E-state index contributed by atoms with van der Waals surface area (Å²) in [7, 11) is 1.52. The average molecular weight is 477 g/mol. The fraction of sp³-hybridized carbons (Fsp3) is 0.308. The molecular formula is C26H28N4O5. The van der Waals surface area contributed by atoms with E-state index in [1.165, 1.54) is 7.11 Å². The molecule has 9 nitrogen and oxygen atoms in total. The van der Waals surface area contributed by atoms with E-state index in [0.29, 0.717) is 22.6 Å². The van der Waals surface area contributed by atoms with E-state index < -0.39 is 42.6 Å². The van der Waals surface area contributed by atoms with Crippen LogP contribution in [-0.4, -0.2) is 48.6 Å². The lowest BCUT2D eigenvalue weighted by Crippen LogP contribution is -2.46. The summed E-state index contributed by atoms with van der Waals surface area (Å²) in [5.74, 6) is 1.87. The van der Waals surface area contributed by atoms with Gasteiger partial charge in [0.15, 0.2) is 0 Å². The normalized spacial score (nSPS) is 11.3. The topological polar surface area (TPSA) is 121 Å². The number of methoxy groups -OCH3 is 1. The van der Waals surface area contributed by atoms with E-state index in [4.69, 9.17) is 15.9 Å². The SMILES string of the molecule is C#Cc1ccccc1C(C(=O)Nc1ccc(OC)cc1)N(CC#N)C(=O)CNC(=O)OC(C)(C)C. The van der Waals surface area contributed by atoms with Gasteiger partial charge in [0, 0.05) is 11.3 Å². The molecule has 0 heterocycles. The second-order valence-electron chi connectivity index (χ2n) is 8.39. The summed E-state index contributed by atoms with van der Waals surface area (Å²) in [6.07, 6.45) is 4.84. The van der Waals surface area contributed by atoms with Crippen molar-refractivity contribution in [3.05, 3.63) is 59.7 Å². The Balaban J connectivity index is 2.38. The Hall–Kier alpha value is -4.50. The van der Waals surface area contributed by atoms with E-state index in [1.807, 2.05) is 6.07 Å². The Morgan fingerprint density at radius 3 is 2.34 bits per heavy atom. The van der Waals surface area contributed by atoms with Gasteiger partial charge in [-0.05, 0) is 56.7 Å². The van der Waals surface area contributed by atoms with Crippen molar-refractivity contribution in [2.75, 3.05) is 25.5 Å². The minimum Gasteiger partial charge on any atom is -0.497 e. The van der Waals surface area contributed by atoms with Gasteiger partial charge in [-0.3, -0.25) is 9.59 Å². The molecule has 9 heteroatoms. The van der Waals surface area contributed by atoms with Crippen LogP contribution in [0, 0.1) is 23.7 Å². The van der Waals surface area contributed by atoms with E-state index in [-0.39, 0.29) is 0 Å². The largest absolute Gasteiger partial charge is 0.497 e. The highest BCUT2D eigenvalue weighted by atomic mass is 16.6. The number of nitriles is 1. The molecule has 3 amide bonds. The number of ether oxygens (including phenoxy) is 2. The van der Waals surface area contributed by atoms with Gasteiger partial charge in [-0.2, -0.15) is 5.26 Å². The second kappa shape index (κ2) is 12.1. The highest BCUT2D eigenvalue weighted by Gasteiger charge is 2.33. The van der Waals surface area contributed by atoms with E-state index in [0.717, 1.165) is 4.90 Å². The first kappa shape index (κ1) is 26.7. The fourth-order valence-electron chi connectivity index (χ4n) is 3.17. The van der Waals surface area contributed by atoms with Gasteiger partial charge >= 0.3 is 6.09 Å². The van der Waals surface area contributed by atoms with Crippen molar-refractivity contribution in [2.24, 2.45) is 0 Å². The van der Waals surface area contributed by atoms with Gasteiger partial charge in [-0.25, -0.2) is 4.79 Å². The van der Waals surface area contributed by atoms with Crippen LogP contribution in [0.4, 0.5) is 10.5 Å². The number of anilines is 1. The molecule has 2 rings (SSSR count). The molecule has 1 atom stereocenters. The summed E-state index contributed by atoms with van der Waals surface area (Å²) in [6, 6.07) is 13.9. The monoisotopic (exact) mass is 476 g/mol. The van der Waals surface area contributed by atoms with E-state index in [1.54, 1.807) is 69.3 Å². The number of nitrogens with zero attached hydrogens (tertiary/aromatic N) is 2. The molecule has 0 aliphatic rings. The number of rotatable bonds is 8. The van der Waals surface area contributed by atoms with E-state index >= 15 is 0 Å². The zero-order valence-electron chi connectivity index (χ0n) is 20.1. The first-order valence-corrected chi connectivity index (χ1v) is 10.7. The minimum atomic E-state index is -1.24. The molecule has 182 valence electrons. The number of nitrogens with one attached hydrogen (secondary N) is 2. The zero-order chi connectivity index (χ0) is 26.0. The standard InChI is InChI=1S/C26H28N4O5/c1-6-18-9-7-8-10-21(18)23(24(32)29-19-11-13-20(34-5)14-12-19)30(16-15-27)22(31)17-28-25(33)35-26(2,3)4/h1,7-14,23H,16-17H2,2-5H3,(H,28,33)(H,29,32). The van der Waals surface area contributed by atoms with Crippen molar-refractivity contribution >= 4 is 23.6 Å². The number of carbonyl (C=O) groups excluding carboxylic acids is 3. The third-order valence-corrected chi connectivity index (χ3v) is 4.67. The highest BCUT2D eigenvalue weighted by molar-refractivity contribution is 5.98. The number of hydrogen-bond acceptors (Lipinski definition) is 6.